The van der Waals surface area contributed by atoms with E-state index < -0.39 is 0 Å². The average molecular weight is 151 g/mol. The molecule has 0 atom stereocenters. The zero-order valence-corrected chi connectivity index (χ0v) is 6.62. The van der Waals surface area contributed by atoms with Crippen molar-refractivity contribution in [3.05, 3.63) is 24.9 Å². The van der Waals surface area contributed by atoms with Gasteiger partial charge in [-0.1, -0.05) is 6.08 Å². The first kappa shape index (κ1) is 8.05. The van der Waals surface area contributed by atoms with E-state index in [2.05, 4.69) is 11.5 Å². The Bertz CT molecular complexity index is 184. The van der Waals surface area contributed by atoms with Crippen molar-refractivity contribution in [1.29, 1.82) is 0 Å². The normalized spacial score (nSPS) is 17.1. The summed E-state index contributed by atoms with van der Waals surface area (Å²) in [6.07, 6.45) is 7.05. The van der Waals surface area contributed by atoms with Gasteiger partial charge in [0.2, 0.25) is 0 Å². The molecule has 2 nitrogen and oxygen atoms in total. The molecule has 0 aromatic rings. The summed E-state index contributed by atoms with van der Waals surface area (Å²) in [5, 5.41) is 0. The number of allylic oxidation sites excluding steroid dienone is 1. The van der Waals surface area contributed by atoms with E-state index in [1.807, 2.05) is 12.3 Å². The summed E-state index contributed by atoms with van der Waals surface area (Å²) < 4.78 is 0. The molecule has 0 radical (unpaired) electrons. The molecule has 0 aliphatic carbocycles. The Kier molecular flexibility index (Phi) is 2.90. The van der Waals surface area contributed by atoms with Crippen LogP contribution in [0.4, 0.5) is 0 Å². The molecule has 0 bridgehead atoms. The second-order valence-corrected chi connectivity index (χ2v) is 2.65. The maximum atomic E-state index is 10.7. The molecule has 0 fully saturated rings. The third kappa shape index (κ3) is 2.58. The molecule has 11 heavy (non-hydrogen) atoms. The molecular weight excluding hydrogens is 138 g/mol. The van der Waals surface area contributed by atoms with Gasteiger partial charge in [0.15, 0.2) is 5.78 Å². The summed E-state index contributed by atoms with van der Waals surface area (Å²) in [7, 11) is 0. The van der Waals surface area contributed by atoms with Gasteiger partial charge in [0, 0.05) is 25.7 Å². The van der Waals surface area contributed by atoms with Crippen molar-refractivity contribution in [3.63, 3.8) is 0 Å². The molecule has 2 heteroatoms. The van der Waals surface area contributed by atoms with E-state index in [1.165, 1.54) is 0 Å². The lowest BCUT2D eigenvalue weighted by molar-refractivity contribution is -0.115. The molecule has 1 aliphatic heterocycles. The third-order valence-corrected chi connectivity index (χ3v) is 1.74. The average Bonchev–Trinajstić information content (AvgIpc) is 2.04. The SMILES string of the molecule is C=CCCN1C=CC(=O)CC1. The van der Waals surface area contributed by atoms with Crippen LogP contribution in [0.1, 0.15) is 12.8 Å². The van der Waals surface area contributed by atoms with Crippen LogP contribution in [0.15, 0.2) is 24.9 Å². The van der Waals surface area contributed by atoms with Crippen molar-refractivity contribution in [1.82, 2.24) is 4.90 Å². The smallest absolute Gasteiger partial charge is 0.158 e. The molecule has 0 spiro atoms. The lowest BCUT2D eigenvalue weighted by Crippen LogP contribution is -2.25. The standard InChI is InChI=1S/C9H13NO/c1-2-3-6-10-7-4-9(11)5-8-10/h2,4,7H,1,3,5-6,8H2. The number of hydrogen-bond acceptors (Lipinski definition) is 2. The topological polar surface area (TPSA) is 20.3 Å². The maximum absolute atomic E-state index is 10.7. The van der Waals surface area contributed by atoms with Crippen molar-refractivity contribution in [2.45, 2.75) is 12.8 Å². The zero-order chi connectivity index (χ0) is 8.10. The fourth-order valence-corrected chi connectivity index (χ4v) is 1.04. The van der Waals surface area contributed by atoms with Crippen molar-refractivity contribution < 1.29 is 4.79 Å². The first-order valence-electron chi connectivity index (χ1n) is 3.89. The number of carbonyl (C=O) groups excluding carboxylic acids is 1. The van der Waals surface area contributed by atoms with Gasteiger partial charge >= 0.3 is 0 Å². The van der Waals surface area contributed by atoms with E-state index in [4.69, 9.17) is 0 Å². The van der Waals surface area contributed by atoms with Gasteiger partial charge in [-0.2, -0.15) is 0 Å². The largest absolute Gasteiger partial charge is 0.376 e. The van der Waals surface area contributed by atoms with E-state index in [0.717, 1.165) is 19.5 Å². The number of nitrogens with zero attached hydrogens (tertiary/aromatic N) is 1. The molecule has 1 heterocycles. The fraction of sp³-hybridized carbons (Fsp3) is 0.444. The molecule has 0 saturated heterocycles. The Labute approximate surface area is 67.2 Å². The second kappa shape index (κ2) is 3.96. The van der Waals surface area contributed by atoms with Crippen LogP contribution >= 0.6 is 0 Å². The molecule has 0 unspecified atom stereocenters. The zero-order valence-electron chi connectivity index (χ0n) is 6.62. The van der Waals surface area contributed by atoms with Gasteiger partial charge in [-0.15, -0.1) is 6.58 Å². The lowest BCUT2D eigenvalue weighted by atomic mass is 10.2. The third-order valence-electron chi connectivity index (χ3n) is 1.74. The number of hydrogen-bond donors (Lipinski definition) is 0. The lowest BCUT2D eigenvalue weighted by Gasteiger charge is -2.21. The highest BCUT2D eigenvalue weighted by Gasteiger charge is 2.07. The van der Waals surface area contributed by atoms with E-state index in [-0.39, 0.29) is 5.78 Å². The van der Waals surface area contributed by atoms with Crippen LogP contribution in [-0.2, 0) is 4.79 Å². The maximum Gasteiger partial charge on any atom is 0.158 e. The highest BCUT2D eigenvalue weighted by atomic mass is 16.1. The van der Waals surface area contributed by atoms with Crippen LogP contribution in [0.5, 0.6) is 0 Å². The van der Waals surface area contributed by atoms with E-state index in [1.54, 1.807) is 6.08 Å². The Balaban J connectivity index is 2.31. The highest BCUT2D eigenvalue weighted by Crippen LogP contribution is 2.03. The molecule has 0 amide bonds. The Morgan fingerprint density at radius 2 is 2.55 bits per heavy atom. The predicted molar refractivity (Wildman–Crippen MR) is 45.2 cm³/mol. The van der Waals surface area contributed by atoms with Gasteiger partial charge in [0.1, 0.15) is 0 Å². The predicted octanol–water partition coefficient (Wildman–Crippen LogP) is 1.35. The van der Waals surface area contributed by atoms with Crippen LogP contribution in [0, 0.1) is 0 Å². The molecule has 0 saturated carbocycles. The van der Waals surface area contributed by atoms with Gasteiger partial charge < -0.3 is 4.90 Å². The summed E-state index contributed by atoms with van der Waals surface area (Å²) in [6, 6.07) is 0. The molecule has 60 valence electrons. The summed E-state index contributed by atoms with van der Waals surface area (Å²) in [4.78, 5) is 12.9. The molecule has 1 rings (SSSR count). The number of rotatable bonds is 3. The molecular formula is C9H13NO. The van der Waals surface area contributed by atoms with Crippen LogP contribution in [-0.4, -0.2) is 23.8 Å². The minimum Gasteiger partial charge on any atom is -0.376 e. The summed E-state index contributed by atoms with van der Waals surface area (Å²) in [5.74, 6) is 0.236. The fourth-order valence-electron chi connectivity index (χ4n) is 1.04. The van der Waals surface area contributed by atoms with Crippen LogP contribution in [0.25, 0.3) is 0 Å². The molecule has 0 aromatic heterocycles. The summed E-state index contributed by atoms with van der Waals surface area (Å²) in [5.41, 5.74) is 0. The Morgan fingerprint density at radius 3 is 3.09 bits per heavy atom. The second-order valence-electron chi connectivity index (χ2n) is 2.65. The van der Waals surface area contributed by atoms with Gasteiger partial charge in [-0.25, -0.2) is 0 Å². The molecule has 1 aliphatic rings. The van der Waals surface area contributed by atoms with Crippen LogP contribution < -0.4 is 0 Å². The van der Waals surface area contributed by atoms with E-state index in [0.29, 0.717) is 6.42 Å². The first-order valence-corrected chi connectivity index (χ1v) is 3.89. The van der Waals surface area contributed by atoms with E-state index in [9.17, 15) is 4.79 Å². The molecule has 0 N–H and O–H groups in total. The van der Waals surface area contributed by atoms with Crippen molar-refractivity contribution in [2.24, 2.45) is 0 Å². The van der Waals surface area contributed by atoms with Crippen molar-refractivity contribution in [2.75, 3.05) is 13.1 Å². The Morgan fingerprint density at radius 1 is 1.73 bits per heavy atom. The minimum absolute atomic E-state index is 0.236. The monoisotopic (exact) mass is 151 g/mol. The van der Waals surface area contributed by atoms with Crippen LogP contribution in [0.2, 0.25) is 0 Å². The number of carbonyl (C=O) groups is 1. The summed E-state index contributed by atoms with van der Waals surface area (Å²) >= 11 is 0. The minimum atomic E-state index is 0.236. The van der Waals surface area contributed by atoms with Crippen molar-refractivity contribution in [3.8, 4) is 0 Å². The van der Waals surface area contributed by atoms with Gasteiger partial charge in [0.25, 0.3) is 0 Å². The first-order chi connectivity index (χ1) is 5.33. The van der Waals surface area contributed by atoms with Gasteiger partial charge in [0.05, 0.1) is 0 Å². The molecule has 0 aromatic carbocycles. The van der Waals surface area contributed by atoms with E-state index >= 15 is 0 Å². The van der Waals surface area contributed by atoms with Crippen LogP contribution in [0.3, 0.4) is 0 Å². The highest BCUT2D eigenvalue weighted by molar-refractivity contribution is 5.90. The van der Waals surface area contributed by atoms with Crippen molar-refractivity contribution >= 4 is 5.78 Å². The Hall–Kier alpha value is -1.05. The quantitative estimate of drug-likeness (QED) is 0.567. The van der Waals surface area contributed by atoms with Gasteiger partial charge in [-0.05, 0) is 12.5 Å². The summed E-state index contributed by atoms with van der Waals surface area (Å²) in [6.45, 7) is 5.49. The number of ketones is 1. The van der Waals surface area contributed by atoms with Gasteiger partial charge in [-0.3, -0.25) is 4.79 Å².